The molecule has 0 aliphatic carbocycles. The highest BCUT2D eigenvalue weighted by atomic mass is 35.5. The first-order valence-electron chi connectivity index (χ1n) is 5.76. The molecule has 0 saturated carbocycles. The van der Waals surface area contributed by atoms with Crippen molar-refractivity contribution in [2.75, 3.05) is 12.4 Å². The Hall–Kier alpha value is -2.08. The maximum Gasteiger partial charge on any atom is 0.272 e. The molecular formula is C12H14ClN5O. The maximum absolute atomic E-state index is 12.1. The van der Waals surface area contributed by atoms with Crippen molar-refractivity contribution in [1.29, 1.82) is 0 Å². The number of nitrogens with one attached hydrogen (secondary N) is 3. The summed E-state index contributed by atoms with van der Waals surface area (Å²) in [4.78, 5) is 23.3. The first-order chi connectivity index (χ1) is 9.11. The summed E-state index contributed by atoms with van der Waals surface area (Å²) in [6, 6.07) is 3.08. The van der Waals surface area contributed by atoms with Crippen LogP contribution in [0.2, 0.25) is 5.02 Å². The molecule has 1 amide bonds. The van der Waals surface area contributed by atoms with Gasteiger partial charge in [-0.2, -0.15) is 0 Å². The van der Waals surface area contributed by atoms with Crippen LogP contribution in [-0.4, -0.2) is 27.9 Å². The van der Waals surface area contributed by atoms with Crippen molar-refractivity contribution in [2.24, 2.45) is 0 Å². The van der Waals surface area contributed by atoms with Gasteiger partial charge in [0.05, 0.1) is 11.1 Å². The molecule has 2 rings (SSSR count). The number of aromatic amines is 1. The van der Waals surface area contributed by atoms with Crippen LogP contribution < -0.4 is 10.6 Å². The smallest absolute Gasteiger partial charge is 0.272 e. The van der Waals surface area contributed by atoms with Crippen LogP contribution in [-0.2, 0) is 0 Å². The van der Waals surface area contributed by atoms with Crippen LogP contribution in [0, 0.1) is 0 Å². The first-order valence-corrected chi connectivity index (χ1v) is 6.14. The summed E-state index contributed by atoms with van der Waals surface area (Å²) in [6.45, 7) is 1.83. The predicted molar refractivity (Wildman–Crippen MR) is 73.3 cm³/mol. The van der Waals surface area contributed by atoms with Crippen LogP contribution in [0.4, 0.5) is 5.82 Å². The standard InChI is InChI=1S/C12H14ClN5O/c1-7(11-15-5-6-16-11)17-12(19)10-8(13)3-4-9(14-2)18-10/h3-7H,1-2H3,(H,14,18)(H,15,16)(H,17,19). The summed E-state index contributed by atoms with van der Waals surface area (Å²) in [5.41, 5.74) is 0.187. The number of imidazole rings is 1. The van der Waals surface area contributed by atoms with Crippen molar-refractivity contribution in [2.45, 2.75) is 13.0 Å². The zero-order chi connectivity index (χ0) is 13.8. The Kier molecular flexibility index (Phi) is 4.01. The number of amides is 1. The molecular weight excluding hydrogens is 266 g/mol. The van der Waals surface area contributed by atoms with Gasteiger partial charge in [0.2, 0.25) is 0 Å². The number of carbonyl (C=O) groups is 1. The minimum absolute atomic E-state index is 0.187. The van der Waals surface area contributed by atoms with Gasteiger partial charge in [-0.05, 0) is 19.1 Å². The average molecular weight is 280 g/mol. The SMILES string of the molecule is CNc1ccc(Cl)c(C(=O)NC(C)c2ncc[nH]2)n1. The van der Waals surface area contributed by atoms with Crippen molar-refractivity contribution < 1.29 is 4.79 Å². The van der Waals surface area contributed by atoms with E-state index in [-0.39, 0.29) is 17.6 Å². The zero-order valence-electron chi connectivity index (χ0n) is 10.6. The zero-order valence-corrected chi connectivity index (χ0v) is 11.3. The summed E-state index contributed by atoms with van der Waals surface area (Å²) >= 11 is 5.98. The molecule has 0 aliphatic heterocycles. The summed E-state index contributed by atoms with van der Waals surface area (Å²) in [7, 11) is 1.73. The molecule has 2 aromatic heterocycles. The second-order valence-electron chi connectivity index (χ2n) is 3.95. The topological polar surface area (TPSA) is 82.7 Å². The number of H-pyrrole nitrogens is 1. The van der Waals surface area contributed by atoms with Gasteiger partial charge in [-0.3, -0.25) is 4.79 Å². The van der Waals surface area contributed by atoms with E-state index in [0.29, 0.717) is 16.7 Å². The quantitative estimate of drug-likeness (QED) is 0.799. The number of aromatic nitrogens is 3. The second-order valence-corrected chi connectivity index (χ2v) is 4.35. The maximum atomic E-state index is 12.1. The number of pyridine rings is 1. The van der Waals surface area contributed by atoms with E-state index in [1.165, 1.54) is 0 Å². The lowest BCUT2D eigenvalue weighted by Crippen LogP contribution is -2.28. The van der Waals surface area contributed by atoms with Crippen molar-refractivity contribution in [3.63, 3.8) is 0 Å². The molecule has 0 radical (unpaired) electrons. The largest absolute Gasteiger partial charge is 0.373 e. The van der Waals surface area contributed by atoms with Gasteiger partial charge >= 0.3 is 0 Å². The Balaban J connectivity index is 2.16. The lowest BCUT2D eigenvalue weighted by Gasteiger charge is -2.12. The molecule has 3 N–H and O–H groups in total. The Labute approximate surface area is 115 Å². The van der Waals surface area contributed by atoms with Crippen LogP contribution in [0.25, 0.3) is 0 Å². The van der Waals surface area contributed by atoms with Crippen molar-refractivity contribution >= 4 is 23.3 Å². The molecule has 2 heterocycles. The minimum Gasteiger partial charge on any atom is -0.373 e. The van der Waals surface area contributed by atoms with E-state index in [1.54, 1.807) is 31.6 Å². The summed E-state index contributed by atoms with van der Waals surface area (Å²) < 4.78 is 0. The van der Waals surface area contributed by atoms with Gasteiger partial charge < -0.3 is 15.6 Å². The molecule has 0 bridgehead atoms. The lowest BCUT2D eigenvalue weighted by molar-refractivity contribution is 0.0933. The molecule has 0 spiro atoms. The van der Waals surface area contributed by atoms with Gasteiger partial charge in [-0.25, -0.2) is 9.97 Å². The molecule has 2 aromatic rings. The fourth-order valence-corrected chi connectivity index (χ4v) is 1.78. The van der Waals surface area contributed by atoms with E-state index >= 15 is 0 Å². The summed E-state index contributed by atoms with van der Waals surface area (Å²) in [5.74, 6) is 0.917. The fraction of sp³-hybridized carbons (Fsp3) is 0.250. The van der Waals surface area contributed by atoms with Crippen molar-refractivity contribution in [3.05, 3.63) is 41.1 Å². The molecule has 6 nitrogen and oxygen atoms in total. The fourth-order valence-electron chi connectivity index (χ4n) is 1.59. The van der Waals surface area contributed by atoms with Gasteiger partial charge in [0, 0.05) is 19.4 Å². The Morgan fingerprint density at radius 2 is 2.26 bits per heavy atom. The number of hydrogen-bond acceptors (Lipinski definition) is 4. The molecule has 19 heavy (non-hydrogen) atoms. The molecule has 7 heteroatoms. The van der Waals surface area contributed by atoms with E-state index in [0.717, 1.165) is 0 Å². The van der Waals surface area contributed by atoms with Crippen LogP contribution in [0.5, 0.6) is 0 Å². The highest BCUT2D eigenvalue weighted by Crippen LogP contribution is 2.17. The predicted octanol–water partition coefficient (Wildman–Crippen LogP) is 1.99. The molecule has 0 fully saturated rings. The Bertz CT molecular complexity index is 570. The molecule has 0 aliphatic rings. The van der Waals surface area contributed by atoms with Gasteiger partial charge in [0.1, 0.15) is 17.3 Å². The number of rotatable bonds is 4. The molecule has 100 valence electrons. The van der Waals surface area contributed by atoms with Gasteiger partial charge in [-0.15, -0.1) is 0 Å². The third-order valence-corrected chi connectivity index (χ3v) is 2.90. The second kappa shape index (κ2) is 5.71. The van der Waals surface area contributed by atoms with Crippen LogP contribution in [0.1, 0.15) is 29.3 Å². The normalized spacial score (nSPS) is 11.9. The lowest BCUT2D eigenvalue weighted by atomic mass is 10.2. The molecule has 1 unspecified atom stereocenters. The van der Waals surface area contributed by atoms with Gasteiger partial charge in [0.25, 0.3) is 5.91 Å². The van der Waals surface area contributed by atoms with E-state index in [4.69, 9.17) is 11.6 Å². The summed E-state index contributed by atoms with van der Waals surface area (Å²) in [6.07, 6.45) is 3.33. The highest BCUT2D eigenvalue weighted by molar-refractivity contribution is 6.33. The van der Waals surface area contributed by atoms with Crippen molar-refractivity contribution in [1.82, 2.24) is 20.3 Å². The van der Waals surface area contributed by atoms with Crippen LogP contribution in [0.15, 0.2) is 24.5 Å². The average Bonchev–Trinajstić information content (AvgIpc) is 2.93. The Morgan fingerprint density at radius 3 is 2.89 bits per heavy atom. The minimum atomic E-state index is -0.342. The van der Waals surface area contributed by atoms with Crippen LogP contribution in [0.3, 0.4) is 0 Å². The molecule has 0 aromatic carbocycles. The summed E-state index contributed by atoms with van der Waals surface area (Å²) in [5, 5.41) is 5.95. The van der Waals surface area contributed by atoms with E-state index in [9.17, 15) is 4.79 Å². The number of anilines is 1. The van der Waals surface area contributed by atoms with E-state index < -0.39 is 0 Å². The van der Waals surface area contributed by atoms with Crippen molar-refractivity contribution in [3.8, 4) is 0 Å². The molecule has 0 saturated heterocycles. The Morgan fingerprint density at radius 1 is 1.47 bits per heavy atom. The number of halogens is 1. The van der Waals surface area contributed by atoms with Crippen LogP contribution >= 0.6 is 11.6 Å². The van der Waals surface area contributed by atoms with Gasteiger partial charge in [0.15, 0.2) is 0 Å². The highest BCUT2D eigenvalue weighted by Gasteiger charge is 2.17. The third kappa shape index (κ3) is 3.03. The third-order valence-electron chi connectivity index (χ3n) is 2.59. The monoisotopic (exact) mass is 279 g/mol. The van der Waals surface area contributed by atoms with E-state index in [2.05, 4.69) is 25.6 Å². The van der Waals surface area contributed by atoms with E-state index in [1.807, 2.05) is 6.92 Å². The number of hydrogen-bond donors (Lipinski definition) is 3. The molecule has 1 atom stereocenters. The number of carbonyl (C=O) groups excluding carboxylic acids is 1. The van der Waals surface area contributed by atoms with Gasteiger partial charge in [-0.1, -0.05) is 11.6 Å². The number of nitrogens with zero attached hydrogens (tertiary/aromatic N) is 2. The first kappa shape index (κ1) is 13.4.